The van der Waals surface area contributed by atoms with Gasteiger partial charge in [-0.05, 0) is 88.1 Å². The summed E-state index contributed by atoms with van der Waals surface area (Å²) in [5.74, 6) is -3.04. The number of allylic oxidation sites excluding steroid dienone is 1. The van der Waals surface area contributed by atoms with Crippen LogP contribution in [0, 0.1) is 18.2 Å². The average Bonchev–Trinajstić information content (AvgIpc) is 3.31. The molecule has 2 unspecified atom stereocenters. The largest absolute Gasteiger partial charge is 0.388 e. The normalized spacial score (nSPS) is 17.6. The maximum Gasteiger partial charge on any atom is 0.252 e. The second kappa shape index (κ2) is 11.7. The van der Waals surface area contributed by atoms with Crippen molar-refractivity contribution in [2.75, 3.05) is 6.54 Å². The van der Waals surface area contributed by atoms with Crippen LogP contribution in [0.4, 0.5) is 4.39 Å². The molecule has 10 heteroatoms. The van der Waals surface area contributed by atoms with Crippen molar-refractivity contribution in [3.05, 3.63) is 82.2 Å². The summed E-state index contributed by atoms with van der Waals surface area (Å²) >= 11 is 0. The molecule has 3 rings (SSSR count). The lowest BCUT2D eigenvalue weighted by atomic mass is 9.96. The fourth-order valence-corrected chi connectivity index (χ4v) is 4.91. The molecule has 0 aliphatic carbocycles. The van der Waals surface area contributed by atoms with Gasteiger partial charge in [-0.15, -0.1) is 0 Å². The van der Waals surface area contributed by atoms with Gasteiger partial charge in [-0.2, -0.15) is 0 Å². The predicted molar refractivity (Wildman–Crippen MR) is 144 cm³/mol. The SMILES string of the molecule is CC(=N)/C=C(\C(N)=O)C(=O)c1ccc(C(=O)NCC(=O)N2C(c3cccc(F)c3)CCC2C(C)(C)O)cc1C. The molecule has 5 N–H and O–H groups in total. The molecule has 0 radical (unpaired) electrons. The van der Waals surface area contributed by atoms with Gasteiger partial charge in [-0.3, -0.25) is 19.2 Å². The number of likely N-dealkylation sites (tertiary alicyclic amines) is 1. The van der Waals surface area contributed by atoms with E-state index in [9.17, 15) is 28.7 Å². The molecule has 1 fully saturated rings. The third-order valence-corrected chi connectivity index (χ3v) is 6.73. The number of rotatable bonds is 9. The zero-order valence-electron chi connectivity index (χ0n) is 22.4. The van der Waals surface area contributed by atoms with Gasteiger partial charge in [-0.25, -0.2) is 4.39 Å². The fourth-order valence-electron chi connectivity index (χ4n) is 4.91. The Hall–Kier alpha value is -4.18. The standard InChI is InChI=1S/C29H33FN4O5/c1-16-12-19(8-9-21(16)26(36)22(27(32)37)13-17(2)31)28(38)33-15-25(35)34-23(10-11-24(34)29(3,4)39)18-6-5-7-20(30)14-18/h5-9,12-14,23-24,31,39H,10-11,15H2,1-4H3,(H2,32,37)(H,33,38)/b22-13-,31-17?. The maximum absolute atomic E-state index is 13.9. The first-order chi connectivity index (χ1) is 18.2. The van der Waals surface area contributed by atoms with Gasteiger partial charge in [0.05, 0.1) is 29.8 Å². The van der Waals surface area contributed by atoms with Crippen LogP contribution in [0.2, 0.25) is 0 Å². The highest BCUT2D eigenvalue weighted by Gasteiger charge is 2.44. The number of aliphatic hydroxyl groups is 1. The van der Waals surface area contributed by atoms with E-state index in [2.05, 4.69) is 5.32 Å². The maximum atomic E-state index is 13.9. The first-order valence-electron chi connectivity index (χ1n) is 12.5. The molecule has 3 amide bonds. The summed E-state index contributed by atoms with van der Waals surface area (Å²) in [5, 5.41) is 20.8. The Morgan fingerprint density at radius 1 is 1.18 bits per heavy atom. The highest BCUT2D eigenvalue weighted by molar-refractivity contribution is 6.28. The van der Waals surface area contributed by atoms with Crippen LogP contribution in [0.25, 0.3) is 0 Å². The number of primary amides is 1. The minimum Gasteiger partial charge on any atom is -0.388 e. The van der Waals surface area contributed by atoms with Crippen molar-refractivity contribution in [3.8, 4) is 0 Å². The Bertz CT molecular complexity index is 1360. The smallest absolute Gasteiger partial charge is 0.252 e. The number of benzene rings is 2. The molecule has 9 nitrogen and oxygen atoms in total. The second-order valence-corrected chi connectivity index (χ2v) is 10.3. The minimum absolute atomic E-state index is 0.0140. The topological polar surface area (TPSA) is 154 Å². The summed E-state index contributed by atoms with van der Waals surface area (Å²) in [6.07, 6.45) is 2.14. The second-order valence-electron chi connectivity index (χ2n) is 10.3. The molecule has 206 valence electrons. The Balaban J connectivity index is 1.78. The van der Waals surface area contributed by atoms with Crippen molar-refractivity contribution in [3.63, 3.8) is 0 Å². The molecular weight excluding hydrogens is 503 g/mol. The van der Waals surface area contributed by atoms with E-state index in [1.54, 1.807) is 32.9 Å². The number of nitrogens with zero attached hydrogens (tertiary/aromatic N) is 1. The van der Waals surface area contributed by atoms with E-state index in [-0.39, 0.29) is 29.0 Å². The average molecular weight is 537 g/mol. The van der Waals surface area contributed by atoms with E-state index < -0.39 is 47.0 Å². The van der Waals surface area contributed by atoms with Crippen molar-refractivity contribution >= 4 is 29.2 Å². The fraction of sp³-hybridized carbons (Fsp3) is 0.345. The summed E-state index contributed by atoms with van der Waals surface area (Å²) in [7, 11) is 0. The first-order valence-corrected chi connectivity index (χ1v) is 12.5. The lowest BCUT2D eigenvalue weighted by Gasteiger charge is -2.37. The lowest BCUT2D eigenvalue weighted by Crippen LogP contribution is -2.51. The van der Waals surface area contributed by atoms with Gasteiger partial charge in [0, 0.05) is 16.8 Å². The van der Waals surface area contributed by atoms with Crippen LogP contribution in [0.3, 0.4) is 0 Å². The number of hydrogen-bond donors (Lipinski definition) is 4. The van der Waals surface area contributed by atoms with Gasteiger partial charge < -0.3 is 26.5 Å². The Labute approximate surface area is 226 Å². The molecular formula is C29H33FN4O5. The highest BCUT2D eigenvalue weighted by atomic mass is 19.1. The van der Waals surface area contributed by atoms with Crippen LogP contribution in [-0.2, 0) is 9.59 Å². The quantitative estimate of drug-likeness (QED) is 0.128. The molecule has 39 heavy (non-hydrogen) atoms. The van der Waals surface area contributed by atoms with E-state index in [0.29, 0.717) is 24.0 Å². The molecule has 0 saturated carbocycles. The van der Waals surface area contributed by atoms with Gasteiger partial charge in [0.2, 0.25) is 5.91 Å². The highest BCUT2D eigenvalue weighted by Crippen LogP contribution is 2.40. The van der Waals surface area contributed by atoms with Gasteiger partial charge in [0.15, 0.2) is 5.78 Å². The third kappa shape index (κ3) is 6.83. The van der Waals surface area contributed by atoms with Crippen LogP contribution >= 0.6 is 0 Å². The number of amides is 3. The minimum atomic E-state index is -1.21. The molecule has 2 aromatic rings. The number of nitrogens with two attached hydrogens (primary N) is 1. The number of halogens is 1. The first kappa shape index (κ1) is 29.4. The van der Waals surface area contributed by atoms with Gasteiger partial charge in [-0.1, -0.05) is 12.1 Å². The molecule has 0 spiro atoms. The van der Waals surface area contributed by atoms with E-state index in [0.717, 1.165) is 6.08 Å². The van der Waals surface area contributed by atoms with Crippen molar-refractivity contribution in [2.45, 2.75) is 58.2 Å². The van der Waals surface area contributed by atoms with Crippen molar-refractivity contribution < 1.29 is 28.7 Å². The molecule has 1 saturated heterocycles. The molecule has 1 heterocycles. The molecule has 0 aromatic heterocycles. The summed E-state index contributed by atoms with van der Waals surface area (Å²) in [6, 6.07) is 9.23. The van der Waals surface area contributed by atoms with E-state index in [1.165, 1.54) is 42.2 Å². The van der Waals surface area contributed by atoms with E-state index in [4.69, 9.17) is 11.1 Å². The number of nitrogens with one attached hydrogen (secondary N) is 2. The van der Waals surface area contributed by atoms with Crippen LogP contribution in [0.15, 0.2) is 54.1 Å². The lowest BCUT2D eigenvalue weighted by molar-refractivity contribution is -0.138. The summed E-state index contributed by atoms with van der Waals surface area (Å²) < 4.78 is 13.9. The number of ketones is 1. The van der Waals surface area contributed by atoms with Gasteiger partial charge in [0.1, 0.15) is 5.82 Å². The molecule has 0 bridgehead atoms. The van der Waals surface area contributed by atoms with Gasteiger partial charge >= 0.3 is 0 Å². The summed E-state index contributed by atoms with van der Waals surface area (Å²) in [5.41, 5.74) is 5.09. The van der Waals surface area contributed by atoms with Crippen LogP contribution in [0.1, 0.15) is 71.5 Å². The van der Waals surface area contributed by atoms with Crippen LogP contribution in [0.5, 0.6) is 0 Å². The van der Waals surface area contributed by atoms with Crippen LogP contribution in [-0.4, -0.2) is 57.4 Å². The zero-order chi connectivity index (χ0) is 29.1. The molecule has 1 aliphatic heterocycles. The summed E-state index contributed by atoms with van der Waals surface area (Å²) in [6.45, 7) is 5.86. The van der Waals surface area contributed by atoms with Crippen LogP contribution < -0.4 is 11.1 Å². The Morgan fingerprint density at radius 3 is 2.44 bits per heavy atom. The van der Waals surface area contributed by atoms with Crippen molar-refractivity contribution in [1.29, 1.82) is 5.41 Å². The molecule has 2 aromatic carbocycles. The Morgan fingerprint density at radius 2 is 1.87 bits per heavy atom. The molecule has 2 atom stereocenters. The number of aryl methyl sites for hydroxylation is 1. The number of carbonyl (C=O) groups excluding carboxylic acids is 4. The van der Waals surface area contributed by atoms with E-state index in [1.807, 2.05) is 0 Å². The number of Topliss-reactive ketones (excluding diaryl/α,β-unsaturated/α-hetero) is 1. The zero-order valence-corrected chi connectivity index (χ0v) is 22.4. The third-order valence-electron chi connectivity index (χ3n) is 6.73. The Kier molecular flexibility index (Phi) is 8.81. The summed E-state index contributed by atoms with van der Waals surface area (Å²) in [4.78, 5) is 52.3. The predicted octanol–water partition coefficient (Wildman–Crippen LogP) is 3.00. The number of hydrogen-bond acceptors (Lipinski definition) is 6. The van der Waals surface area contributed by atoms with Crippen molar-refractivity contribution in [2.24, 2.45) is 5.73 Å². The molecule has 1 aliphatic rings. The number of carbonyl (C=O) groups is 4. The van der Waals surface area contributed by atoms with Crippen molar-refractivity contribution in [1.82, 2.24) is 10.2 Å². The van der Waals surface area contributed by atoms with Gasteiger partial charge in [0.25, 0.3) is 11.8 Å². The van der Waals surface area contributed by atoms with E-state index >= 15 is 0 Å². The monoisotopic (exact) mass is 536 g/mol.